The van der Waals surface area contributed by atoms with Crippen LogP contribution in [-0.2, 0) is 5.41 Å². The van der Waals surface area contributed by atoms with Gasteiger partial charge in [-0.2, -0.15) is 0 Å². The number of fused-ring (bicyclic) bond motifs is 3. The lowest BCUT2D eigenvalue weighted by atomic mass is 9.67. The van der Waals surface area contributed by atoms with Crippen molar-refractivity contribution in [2.45, 2.75) is 65.2 Å². The van der Waals surface area contributed by atoms with Gasteiger partial charge in [0, 0.05) is 9.75 Å². The molecule has 2 aliphatic rings. The molecule has 0 N–H and O–H groups in total. The monoisotopic (exact) mass is 248 g/mol. The largest absolute Gasteiger partial charge is 0.145 e. The second-order valence-electron chi connectivity index (χ2n) is 6.86. The molecule has 0 saturated heterocycles. The van der Waals surface area contributed by atoms with Crippen molar-refractivity contribution in [2.75, 3.05) is 0 Å². The third-order valence-corrected chi connectivity index (χ3v) is 6.40. The summed E-state index contributed by atoms with van der Waals surface area (Å²) >= 11 is 2.03. The van der Waals surface area contributed by atoms with Gasteiger partial charge in [0.25, 0.3) is 0 Å². The summed E-state index contributed by atoms with van der Waals surface area (Å²) in [6, 6.07) is 0. The first-order valence-electron chi connectivity index (χ1n) is 7.03. The van der Waals surface area contributed by atoms with Gasteiger partial charge in [-0.1, -0.05) is 27.2 Å². The van der Waals surface area contributed by atoms with Crippen LogP contribution in [0.5, 0.6) is 0 Å². The Bertz CT molecular complexity index is 452. The zero-order chi connectivity index (χ0) is 12.4. The molecule has 0 bridgehead atoms. The Labute approximate surface area is 109 Å². The Balaban J connectivity index is 2.15. The molecule has 0 aliphatic heterocycles. The summed E-state index contributed by atoms with van der Waals surface area (Å²) < 4.78 is 0. The first-order valence-corrected chi connectivity index (χ1v) is 7.85. The molecule has 1 fully saturated rings. The van der Waals surface area contributed by atoms with Crippen molar-refractivity contribution in [2.24, 2.45) is 11.8 Å². The minimum Gasteiger partial charge on any atom is -0.145 e. The van der Waals surface area contributed by atoms with Crippen molar-refractivity contribution in [3.05, 3.63) is 20.9 Å². The van der Waals surface area contributed by atoms with Gasteiger partial charge in [-0.15, -0.1) is 11.3 Å². The quantitative estimate of drug-likeness (QED) is 0.594. The minimum absolute atomic E-state index is 0.426. The zero-order valence-electron chi connectivity index (χ0n) is 11.8. The highest BCUT2D eigenvalue weighted by Gasteiger charge is 2.50. The summed E-state index contributed by atoms with van der Waals surface area (Å²) in [6.07, 6.45) is 4.31. The molecule has 2 aliphatic carbocycles. The number of thiophene rings is 1. The molecule has 0 amide bonds. The van der Waals surface area contributed by atoms with Crippen molar-refractivity contribution in [3.8, 4) is 0 Å². The number of rotatable bonds is 0. The van der Waals surface area contributed by atoms with E-state index in [0.29, 0.717) is 5.41 Å². The third kappa shape index (κ3) is 1.47. The molecule has 3 atom stereocenters. The van der Waals surface area contributed by atoms with E-state index in [4.69, 9.17) is 0 Å². The average Bonchev–Trinajstić information content (AvgIpc) is 2.64. The van der Waals surface area contributed by atoms with E-state index in [9.17, 15) is 0 Å². The number of hydrogen-bond acceptors (Lipinski definition) is 1. The van der Waals surface area contributed by atoms with Crippen LogP contribution in [0.1, 0.15) is 66.8 Å². The van der Waals surface area contributed by atoms with Gasteiger partial charge < -0.3 is 0 Å². The van der Waals surface area contributed by atoms with E-state index < -0.39 is 0 Å². The zero-order valence-corrected chi connectivity index (χ0v) is 12.6. The van der Waals surface area contributed by atoms with Gasteiger partial charge in [0.1, 0.15) is 0 Å². The molecular weight excluding hydrogens is 224 g/mol. The smallest absolute Gasteiger partial charge is 0.00575 e. The standard InChI is InChI=1S/C16H24S/c1-9-6-7-13-12(8-9)14-10(2)17-11(3)15(14)16(13,4)5/h9,12-13H,6-8H2,1-5H3/t9-,12+,13-/m0/s1. The number of aryl methyl sites for hydroxylation is 2. The Kier molecular flexibility index (Phi) is 2.49. The predicted octanol–water partition coefficient (Wildman–Crippen LogP) is 5.18. The molecule has 0 unspecified atom stereocenters. The van der Waals surface area contributed by atoms with Crippen molar-refractivity contribution in [1.82, 2.24) is 0 Å². The van der Waals surface area contributed by atoms with Crippen LogP contribution >= 0.6 is 11.3 Å². The highest BCUT2D eigenvalue weighted by Crippen LogP contribution is 2.60. The highest BCUT2D eigenvalue weighted by molar-refractivity contribution is 7.12. The van der Waals surface area contributed by atoms with E-state index in [1.807, 2.05) is 11.3 Å². The SMILES string of the molecule is Cc1sc(C)c2c1[C@@H]1C[C@@H](C)CC[C@@H]1C2(C)C. The summed E-state index contributed by atoms with van der Waals surface area (Å²) in [6.45, 7) is 12.1. The van der Waals surface area contributed by atoms with Crippen molar-refractivity contribution in [3.63, 3.8) is 0 Å². The van der Waals surface area contributed by atoms with Gasteiger partial charge in [-0.25, -0.2) is 0 Å². The molecule has 1 saturated carbocycles. The van der Waals surface area contributed by atoms with Gasteiger partial charge in [0.2, 0.25) is 0 Å². The molecule has 3 rings (SSSR count). The molecule has 0 aromatic carbocycles. The molecule has 0 nitrogen and oxygen atoms in total. The Morgan fingerprint density at radius 2 is 1.82 bits per heavy atom. The topological polar surface area (TPSA) is 0 Å². The van der Waals surface area contributed by atoms with Crippen LogP contribution in [0.15, 0.2) is 0 Å². The van der Waals surface area contributed by atoms with E-state index in [2.05, 4.69) is 34.6 Å². The van der Waals surface area contributed by atoms with Crippen LogP contribution < -0.4 is 0 Å². The first-order chi connectivity index (χ1) is 7.93. The van der Waals surface area contributed by atoms with Gasteiger partial charge in [0.05, 0.1) is 0 Å². The predicted molar refractivity (Wildman–Crippen MR) is 76.1 cm³/mol. The molecule has 17 heavy (non-hydrogen) atoms. The Hall–Kier alpha value is -0.300. The summed E-state index contributed by atoms with van der Waals surface area (Å²) in [5, 5.41) is 0. The lowest BCUT2D eigenvalue weighted by Gasteiger charge is -2.38. The maximum absolute atomic E-state index is 2.49. The molecular formula is C16H24S. The molecule has 1 aromatic heterocycles. The minimum atomic E-state index is 0.426. The Morgan fingerprint density at radius 1 is 1.12 bits per heavy atom. The summed E-state index contributed by atoms with van der Waals surface area (Å²) in [5.74, 6) is 2.71. The maximum Gasteiger partial charge on any atom is 0.00575 e. The van der Waals surface area contributed by atoms with Crippen LogP contribution in [0.3, 0.4) is 0 Å². The lowest BCUT2D eigenvalue weighted by Crippen LogP contribution is -2.30. The van der Waals surface area contributed by atoms with Gasteiger partial charge in [-0.05, 0) is 61.0 Å². The van der Waals surface area contributed by atoms with Crippen molar-refractivity contribution < 1.29 is 0 Å². The summed E-state index contributed by atoms with van der Waals surface area (Å²) in [5.41, 5.74) is 3.91. The average molecular weight is 248 g/mol. The lowest BCUT2D eigenvalue weighted by molar-refractivity contribution is 0.195. The Morgan fingerprint density at radius 3 is 2.53 bits per heavy atom. The molecule has 94 valence electrons. The van der Waals surface area contributed by atoms with Crippen LogP contribution in [0.25, 0.3) is 0 Å². The second-order valence-corrected chi connectivity index (χ2v) is 8.28. The molecule has 1 aromatic rings. The van der Waals surface area contributed by atoms with Gasteiger partial charge >= 0.3 is 0 Å². The third-order valence-electron chi connectivity index (χ3n) is 5.36. The van der Waals surface area contributed by atoms with Crippen LogP contribution in [0, 0.1) is 25.7 Å². The van der Waals surface area contributed by atoms with Gasteiger partial charge in [0.15, 0.2) is 0 Å². The van der Waals surface area contributed by atoms with Crippen molar-refractivity contribution in [1.29, 1.82) is 0 Å². The van der Waals surface area contributed by atoms with Crippen LogP contribution in [-0.4, -0.2) is 0 Å². The van der Waals surface area contributed by atoms with Crippen LogP contribution in [0.2, 0.25) is 0 Å². The summed E-state index contributed by atoms with van der Waals surface area (Å²) in [7, 11) is 0. The van der Waals surface area contributed by atoms with Gasteiger partial charge in [-0.3, -0.25) is 0 Å². The van der Waals surface area contributed by atoms with E-state index >= 15 is 0 Å². The second kappa shape index (κ2) is 3.60. The normalized spacial score (nSPS) is 34.5. The van der Waals surface area contributed by atoms with Crippen molar-refractivity contribution >= 4 is 11.3 Å². The number of hydrogen-bond donors (Lipinski definition) is 0. The van der Waals surface area contributed by atoms with Crippen LogP contribution in [0.4, 0.5) is 0 Å². The fourth-order valence-electron chi connectivity index (χ4n) is 4.70. The molecule has 0 spiro atoms. The fourth-order valence-corrected chi connectivity index (χ4v) is 6.00. The van der Waals surface area contributed by atoms with E-state index in [1.165, 1.54) is 19.3 Å². The fraction of sp³-hybridized carbons (Fsp3) is 0.750. The maximum atomic E-state index is 2.49. The molecule has 1 heterocycles. The van der Waals surface area contributed by atoms with E-state index in [-0.39, 0.29) is 0 Å². The molecule has 0 radical (unpaired) electrons. The first kappa shape index (κ1) is 11.8. The highest BCUT2D eigenvalue weighted by atomic mass is 32.1. The summed E-state index contributed by atoms with van der Waals surface area (Å²) in [4.78, 5) is 3.19. The van der Waals surface area contributed by atoms with E-state index in [0.717, 1.165) is 17.8 Å². The van der Waals surface area contributed by atoms with E-state index in [1.54, 1.807) is 20.9 Å². The molecule has 1 heteroatoms.